The molecular formula is C18H19N3O5. The van der Waals surface area contributed by atoms with Gasteiger partial charge in [0.1, 0.15) is 17.1 Å². The zero-order valence-electron chi connectivity index (χ0n) is 14.4. The molecule has 1 aromatic carbocycles. The van der Waals surface area contributed by atoms with E-state index in [-0.39, 0.29) is 11.3 Å². The first-order valence-corrected chi connectivity index (χ1v) is 7.97. The second-order valence-corrected chi connectivity index (χ2v) is 5.18. The number of urea groups is 1. The molecule has 0 fully saturated rings. The summed E-state index contributed by atoms with van der Waals surface area (Å²) in [6.45, 7) is 3.45. The van der Waals surface area contributed by atoms with Crippen LogP contribution in [-0.2, 0) is 9.53 Å². The smallest absolute Gasteiger partial charge is 0.342 e. The summed E-state index contributed by atoms with van der Waals surface area (Å²) in [5, 5.41) is 4.50. The largest absolute Gasteiger partial charge is 0.455 e. The van der Waals surface area contributed by atoms with Crippen LogP contribution in [0.15, 0.2) is 48.8 Å². The Labute approximate surface area is 150 Å². The maximum atomic E-state index is 12.4. The highest BCUT2D eigenvalue weighted by atomic mass is 16.5. The first-order valence-electron chi connectivity index (χ1n) is 7.97. The van der Waals surface area contributed by atoms with Gasteiger partial charge >= 0.3 is 12.0 Å². The van der Waals surface area contributed by atoms with Crippen LogP contribution >= 0.6 is 0 Å². The van der Waals surface area contributed by atoms with Crippen LogP contribution < -0.4 is 15.4 Å². The summed E-state index contributed by atoms with van der Waals surface area (Å²) in [4.78, 5) is 39.6. The molecule has 8 heteroatoms. The molecule has 0 radical (unpaired) electrons. The van der Waals surface area contributed by atoms with Gasteiger partial charge in [0.25, 0.3) is 5.91 Å². The number of carbonyl (C=O) groups is 3. The van der Waals surface area contributed by atoms with Gasteiger partial charge in [-0.3, -0.25) is 15.1 Å². The SMILES string of the molecule is CCNC(=O)NC(=O)C(C)OC(=O)c1ccccc1Oc1cccnc1. The van der Waals surface area contributed by atoms with Crippen LogP contribution in [0.25, 0.3) is 0 Å². The second kappa shape index (κ2) is 9.16. The zero-order valence-corrected chi connectivity index (χ0v) is 14.4. The van der Waals surface area contributed by atoms with E-state index >= 15 is 0 Å². The van der Waals surface area contributed by atoms with Crippen LogP contribution in [0.1, 0.15) is 24.2 Å². The Morgan fingerprint density at radius 2 is 1.92 bits per heavy atom. The van der Waals surface area contributed by atoms with Gasteiger partial charge in [0.15, 0.2) is 6.10 Å². The van der Waals surface area contributed by atoms with E-state index in [2.05, 4.69) is 15.6 Å². The first-order chi connectivity index (χ1) is 12.5. The minimum atomic E-state index is -1.16. The maximum absolute atomic E-state index is 12.4. The maximum Gasteiger partial charge on any atom is 0.342 e. The zero-order chi connectivity index (χ0) is 18.9. The van der Waals surface area contributed by atoms with Crippen molar-refractivity contribution in [3.05, 3.63) is 54.4 Å². The number of benzene rings is 1. The average Bonchev–Trinajstić information content (AvgIpc) is 2.63. The molecule has 0 aliphatic rings. The molecule has 2 rings (SSSR count). The van der Waals surface area contributed by atoms with Gasteiger partial charge in [0.05, 0.1) is 6.20 Å². The summed E-state index contributed by atoms with van der Waals surface area (Å²) < 4.78 is 10.8. The molecule has 0 saturated carbocycles. The van der Waals surface area contributed by atoms with Crippen molar-refractivity contribution >= 4 is 17.9 Å². The van der Waals surface area contributed by atoms with Crippen molar-refractivity contribution in [2.75, 3.05) is 6.54 Å². The van der Waals surface area contributed by atoms with Crippen molar-refractivity contribution in [3.63, 3.8) is 0 Å². The number of para-hydroxylation sites is 1. The molecule has 1 unspecified atom stereocenters. The molecule has 26 heavy (non-hydrogen) atoms. The van der Waals surface area contributed by atoms with E-state index in [0.717, 1.165) is 0 Å². The van der Waals surface area contributed by atoms with Gasteiger partial charge in [0, 0.05) is 12.7 Å². The fourth-order valence-electron chi connectivity index (χ4n) is 1.95. The number of aromatic nitrogens is 1. The van der Waals surface area contributed by atoms with Crippen LogP contribution in [0.5, 0.6) is 11.5 Å². The number of hydrogen-bond donors (Lipinski definition) is 2. The lowest BCUT2D eigenvalue weighted by atomic mass is 10.2. The first kappa shape index (κ1) is 18.9. The second-order valence-electron chi connectivity index (χ2n) is 5.18. The molecule has 0 saturated heterocycles. The number of nitrogens with zero attached hydrogens (tertiary/aromatic N) is 1. The van der Waals surface area contributed by atoms with Gasteiger partial charge in [-0.2, -0.15) is 0 Å². The fourth-order valence-corrected chi connectivity index (χ4v) is 1.95. The third-order valence-electron chi connectivity index (χ3n) is 3.20. The Balaban J connectivity index is 2.05. The van der Waals surface area contributed by atoms with Gasteiger partial charge in [-0.25, -0.2) is 9.59 Å². The summed E-state index contributed by atoms with van der Waals surface area (Å²) in [5.74, 6) is -0.755. The summed E-state index contributed by atoms with van der Waals surface area (Å²) in [6, 6.07) is 9.20. The molecule has 1 heterocycles. The molecule has 1 atom stereocenters. The van der Waals surface area contributed by atoms with Crippen LogP contribution in [-0.4, -0.2) is 35.5 Å². The average molecular weight is 357 g/mol. The third-order valence-corrected chi connectivity index (χ3v) is 3.20. The lowest BCUT2D eigenvalue weighted by Gasteiger charge is -2.15. The van der Waals surface area contributed by atoms with Crippen LogP contribution in [0.4, 0.5) is 4.79 Å². The Bertz CT molecular complexity index is 779. The molecule has 0 bridgehead atoms. The Kier molecular flexibility index (Phi) is 6.67. The van der Waals surface area contributed by atoms with Gasteiger partial charge in [-0.05, 0) is 38.1 Å². The molecule has 8 nitrogen and oxygen atoms in total. The number of esters is 1. The number of amides is 3. The highest BCUT2D eigenvalue weighted by Crippen LogP contribution is 2.25. The van der Waals surface area contributed by atoms with E-state index in [0.29, 0.717) is 12.3 Å². The number of rotatable bonds is 6. The van der Waals surface area contributed by atoms with E-state index in [4.69, 9.17) is 9.47 Å². The fraction of sp³-hybridized carbons (Fsp3) is 0.222. The third kappa shape index (κ3) is 5.30. The molecular weight excluding hydrogens is 338 g/mol. The van der Waals surface area contributed by atoms with Crippen molar-refractivity contribution in [1.29, 1.82) is 0 Å². The number of pyridine rings is 1. The van der Waals surface area contributed by atoms with Gasteiger partial charge < -0.3 is 14.8 Å². The van der Waals surface area contributed by atoms with Gasteiger partial charge in [-0.15, -0.1) is 0 Å². The monoisotopic (exact) mass is 357 g/mol. The Morgan fingerprint density at radius 1 is 1.15 bits per heavy atom. The molecule has 136 valence electrons. The van der Waals surface area contributed by atoms with E-state index in [1.807, 2.05) is 0 Å². The van der Waals surface area contributed by atoms with Crippen molar-refractivity contribution in [2.45, 2.75) is 20.0 Å². The molecule has 0 aliphatic carbocycles. The molecule has 1 aromatic heterocycles. The highest BCUT2D eigenvalue weighted by Gasteiger charge is 2.22. The predicted molar refractivity (Wildman–Crippen MR) is 92.8 cm³/mol. The predicted octanol–water partition coefficient (Wildman–Crippen LogP) is 2.26. The lowest BCUT2D eigenvalue weighted by molar-refractivity contribution is -0.127. The van der Waals surface area contributed by atoms with Crippen LogP contribution in [0.2, 0.25) is 0 Å². The topological polar surface area (TPSA) is 107 Å². The summed E-state index contributed by atoms with van der Waals surface area (Å²) in [6.07, 6.45) is 1.95. The summed E-state index contributed by atoms with van der Waals surface area (Å²) in [5.41, 5.74) is 0.147. The molecule has 3 amide bonds. The normalized spacial score (nSPS) is 11.2. The number of carbonyl (C=O) groups excluding carboxylic acids is 3. The van der Waals surface area contributed by atoms with Crippen molar-refractivity contribution in [3.8, 4) is 11.5 Å². The minimum absolute atomic E-state index is 0.147. The van der Waals surface area contributed by atoms with Crippen LogP contribution in [0.3, 0.4) is 0 Å². The number of nitrogens with one attached hydrogen (secondary N) is 2. The lowest BCUT2D eigenvalue weighted by Crippen LogP contribution is -2.44. The number of ether oxygens (including phenoxy) is 2. The summed E-state index contributed by atoms with van der Waals surface area (Å²) >= 11 is 0. The van der Waals surface area contributed by atoms with Gasteiger partial charge in [0.2, 0.25) is 0 Å². The van der Waals surface area contributed by atoms with Gasteiger partial charge in [-0.1, -0.05) is 12.1 Å². The Hall–Kier alpha value is -3.42. The minimum Gasteiger partial charge on any atom is -0.455 e. The van der Waals surface area contributed by atoms with Crippen molar-refractivity contribution in [2.24, 2.45) is 0 Å². The molecule has 2 aromatic rings. The molecule has 2 N–H and O–H groups in total. The van der Waals surface area contributed by atoms with E-state index in [1.54, 1.807) is 43.5 Å². The molecule has 0 aliphatic heterocycles. The van der Waals surface area contributed by atoms with E-state index in [9.17, 15) is 14.4 Å². The number of imide groups is 1. The standard InChI is InChI=1S/C18H19N3O5/c1-3-20-18(24)21-16(22)12(2)25-17(23)14-8-4-5-9-15(14)26-13-7-6-10-19-11-13/h4-12H,3H2,1-2H3,(H2,20,21,22,24). The van der Waals surface area contributed by atoms with Crippen molar-refractivity contribution in [1.82, 2.24) is 15.6 Å². The molecule has 0 spiro atoms. The Morgan fingerprint density at radius 3 is 2.62 bits per heavy atom. The quantitative estimate of drug-likeness (QED) is 0.768. The van der Waals surface area contributed by atoms with E-state index in [1.165, 1.54) is 19.2 Å². The highest BCUT2D eigenvalue weighted by molar-refractivity contribution is 5.99. The van der Waals surface area contributed by atoms with Crippen LogP contribution in [0, 0.1) is 0 Å². The number of hydrogen-bond acceptors (Lipinski definition) is 6. The summed E-state index contributed by atoms with van der Waals surface area (Å²) in [7, 11) is 0. The van der Waals surface area contributed by atoms with E-state index < -0.39 is 24.0 Å². The van der Waals surface area contributed by atoms with Crippen molar-refractivity contribution < 1.29 is 23.9 Å².